The van der Waals surface area contributed by atoms with Crippen molar-refractivity contribution in [2.45, 2.75) is 12.6 Å². The standard InChI is InChI=1S/C20H15ClN4O5/c21-14-7-8-17(26)24(12-14)18(20(28)23-11-15-5-1-2-9-22-15)19(27)13-4-3-6-16(10-13)25(29)30/h1-10,12,18H,11H2,(H,23,28)/t18-/m1/s1. The van der Waals surface area contributed by atoms with E-state index in [-0.39, 0.29) is 22.8 Å². The molecular weight excluding hydrogens is 412 g/mol. The number of nitrogens with zero attached hydrogens (tertiary/aromatic N) is 3. The first kappa shape index (κ1) is 20.9. The zero-order valence-corrected chi connectivity index (χ0v) is 16.2. The van der Waals surface area contributed by atoms with Gasteiger partial charge in [0.2, 0.25) is 0 Å². The van der Waals surface area contributed by atoms with Crippen LogP contribution in [0.5, 0.6) is 0 Å². The average Bonchev–Trinajstić information content (AvgIpc) is 2.75. The highest BCUT2D eigenvalue weighted by atomic mass is 35.5. The molecule has 2 aromatic heterocycles. The highest BCUT2D eigenvalue weighted by Gasteiger charge is 2.31. The first-order valence-corrected chi connectivity index (χ1v) is 9.08. The van der Waals surface area contributed by atoms with Gasteiger partial charge < -0.3 is 5.32 Å². The van der Waals surface area contributed by atoms with Crippen molar-refractivity contribution < 1.29 is 14.5 Å². The maximum atomic E-state index is 13.1. The number of rotatable bonds is 7. The number of hydrogen-bond acceptors (Lipinski definition) is 6. The van der Waals surface area contributed by atoms with Gasteiger partial charge in [0.25, 0.3) is 17.2 Å². The summed E-state index contributed by atoms with van der Waals surface area (Å²) in [5, 5.41) is 13.8. The van der Waals surface area contributed by atoms with Gasteiger partial charge in [0, 0.05) is 36.2 Å². The Morgan fingerprint density at radius 2 is 1.97 bits per heavy atom. The smallest absolute Gasteiger partial charge is 0.270 e. The topological polar surface area (TPSA) is 124 Å². The largest absolute Gasteiger partial charge is 0.348 e. The molecule has 9 nitrogen and oxygen atoms in total. The maximum Gasteiger partial charge on any atom is 0.270 e. The van der Waals surface area contributed by atoms with Crippen LogP contribution < -0.4 is 10.9 Å². The van der Waals surface area contributed by atoms with Crippen molar-refractivity contribution in [2.75, 3.05) is 0 Å². The number of benzene rings is 1. The highest BCUT2D eigenvalue weighted by Crippen LogP contribution is 2.20. The third-order valence-corrected chi connectivity index (χ3v) is 4.41. The minimum Gasteiger partial charge on any atom is -0.348 e. The van der Waals surface area contributed by atoms with Gasteiger partial charge in [-0.15, -0.1) is 0 Å². The highest BCUT2D eigenvalue weighted by molar-refractivity contribution is 6.30. The third-order valence-electron chi connectivity index (χ3n) is 4.19. The molecule has 0 unspecified atom stereocenters. The summed E-state index contributed by atoms with van der Waals surface area (Å²) in [7, 11) is 0. The van der Waals surface area contributed by atoms with Crippen LogP contribution in [0.3, 0.4) is 0 Å². The molecule has 0 saturated heterocycles. The molecule has 0 spiro atoms. The monoisotopic (exact) mass is 426 g/mol. The quantitative estimate of drug-likeness (QED) is 0.268. The van der Waals surface area contributed by atoms with E-state index in [0.717, 1.165) is 16.7 Å². The molecular formula is C20H15ClN4O5. The average molecular weight is 427 g/mol. The SMILES string of the molecule is O=C(NCc1ccccn1)[C@@H](C(=O)c1cccc([N+](=O)[O-])c1)n1cc(Cl)ccc1=O. The second-order valence-electron chi connectivity index (χ2n) is 6.21. The summed E-state index contributed by atoms with van der Waals surface area (Å²) in [6.45, 7) is 0.0215. The summed E-state index contributed by atoms with van der Waals surface area (Å²) in [4.78, 5) is 52.9. The van der Waals surface area contributed by atoms with Gasteiger partial charge in [-0.05, 0) is 18.2 Å². The molecule has 0 bridgehead atoms. The van der Waals surface area contributed by atoms with Crippen molar-refractivity contribution in [3.8, 4) is 0 Å². The fourth-order valence-corrected chi connectivity index (χ4v) is 2.93. The lowest BCUT2D eigenvalue weighted by Gasteiger charge is -2.18. The Bertz CT molecular complexity index is 1160. The van der Waals surface area contributed by atoms with Gasteiger partial charge in [0.05, 0.1) is 22.2 Å². The summed E-state index contributed by atoms with van der Waals surface area (Å²) >= 11 is 5.95. The molecule has 1 amide bonds. The summed E-state index contributed by atoms with van der Waals surface area (Å²) in [5.74, 6) is -1.57. The molecule has 1 N–H and O–H groups in total. The number of nitro benzene ring substituents is 1. The summed E-state index contributed by atoms with van der Waals surface area (Å²) in [5.41, 5.74) is -0.483. The van der Waals surface area contributed by atoms with Crippen molar-refractivity contribution >= 4 is 29.0 Å². The van der Waals surface area contributed by atoms with E-state index in [1.807, 2.05) is 0 Å². The lowest BCUT2D eigenvalue weighted by atomic mass is 10.0. The van der Waals surface area contributed by atoms with Crippen LogP contribution in [0.4, 0.5) is 5.69 Å². The molecule has 0 aliphatic carbocycles. The number of non-ortho nitro benzene ring substituents is 1. The maximum absolute atomic E-state index is 13.1. The predicted molar refractivity (Wildman–Crippen MR) is 108 cm³/mol. The lowest BCUT2D eigenvalue weighted by molar-refractivity contribution is -0.384. The Labute approximate surface area is 175 Å². The van der Waals surface area contributed by atoms with Gasteiger partial charge in [-0.25, -0.2) is 0 Å². The number of halogens is 1. The minimum atomic E-state index is -1.61. The number of nitro groups is 1. The Morgan fingerprint density at radius 3 is 2.67 bits per heavy atom. The molecule has 0 aliphatic heterocycles. The van der Waals surface area contributed by atoms with E-state index in [2.05, 4.69) is 10.3 Å². The van der Waals surface area contributed by atoms with E-state index in [9.17, 15) is 24.5 Å². The van der Waals surface area contributed by atoms with Crippen LogP contribution >= 0.6 is 11.6 Å². The number of carbonyl (C=O) groups is 2. The molecule has 3 rings (SSSR count). The van der Waals surface area contributed by atoms with E-state index < -0.39 is 28.2 Å². The van der Waals surface area contributed by atoms with Gasteiger partial charge >= 0.3 is 0 Å². The Hall–Kier alpha value is -3.85. The molecule has 2 heterocycles. The van der Waals surface area contributed by atoms with Gasteiger partial charge in [0.15, 0.2) is 11.8 Å². The van der Waals surface area contributed by atoms with E-state index in [1.165, 1.54) is 30.5 Å². The first-order valence-electron chi connectivity index (χ1n) is 8.71. The van der Waals surface area contributed by atoms with Crippen LogP contribution in [0, 0.1) is 10.1 Å². The fourth-order valence-electron chi connectivity index (χ4n) is 2.76. The number of nitrogens with one attached hydrogen (secondary N) is 1. The zero-order chi connectivity index (χ0) is 21.7. The number of hydrogen-bond donors (Lipinski definition) is 1. The second-order valence-corrected chi connectivity index (χ2v) is 6.64. The Morgan fingerprint density at radius 1 is 1.17 bits per heavy atom. The number of ketones is 1. The van der Waals surface area contributed by atoms with Crippen LogP contribution in [0.1, 0.15) is 22.1 Å². The molecule has 0 saturated carbocycles. The normalized spacial score (nSPS) is 11.5. The van der Waals surface area contributed by atoms with Gasteiger partial charge in [-0.1, -0.05) is 29.8 Å². The van der Waals surface area contributed by atoms with Crippen LogP contribution in [0.25, 0.3) is 0 Å². The number of amides is 1. The third kappa shape index (κ3) is 4.76. The number of pyridine rings is 2. The van der Waals surface area contributed by atoms with Crippen LogP contribution in [-0.4, -0.2) is 26.2 Å². The minimum absolute atomic E-state index is 0.0215. The Kier molecular flexibility index (Phi) is 6.33. The second kappa shape index (κ2) is 9.10. The van der Waals surface area contributed by atoms with E-state index >= 15 is 0 Å². The van der Waals surface area contributed by atoms with Crippen LogP contribution in [-0.2, 0) is 11.3 Å². The zero-order valence-electron chi connectivity index (χ0n) is 15.4. The van der Waals surface area contributed by atoms with Crippen LogP contribution in [0.15, 0.2) is 71.8 Å². The molecule has 30 heavy (non-hydrogen) atoms. The summed E-state index contributed by atoms with van der Waals surface area (Å²) in [6.07, 6.45) is 2.72. The molecule has 0 radical (unpaired) electrons. The van der Waals surface area contributed by atoms with Crippen molar-refractivity contribution in [1.29, 1.82) is 0 Å². The van der Waals surface area contributed by atoms with Crippen LogP contribution in [0.2, 0.25) is 5.02 Å². The molecule has 0 fully saturated rings. The van der Waals surface area contributed by atoms with Crippen molar-refractivity contribution in [2.24, 2.45) is 0 Å². The number of aromatic nitrogens is 2. The number of carbonyl (C=O) groups excluding carboxylic acids is 2. The van der Waals surface area contributed by atoms with Crippen molar-refractivity contribution in [3.63, 3.8) is 0 Å². The molecule has 152 valence electrons. The molecule has 0 aliphatic rings. The first-order chi connectivity index (χ1) is 14.4. The summed E-state index contributed by atoms with van der Waals surface area (Å²) < 4.78 is 0.900. The van der Waals surface area contributed by atoms with Gasteiger partial charge in [-0.2, -0.15) is 0 Å². The fraction of sp³-hybridized carbons (Fsp3) is 0.100. The number of Topliss-reactive ketones (excluding diaryl/α,β-unsaturated/α-hetero) is 1. The predicted octanol–water partition coefficient (Wildman–Crippen LogP) is 2.55. The van der Waals surface area contributed by atoms with Gasteiger partial charge in [0.1, 0.15) is 0 Å². The van der Waals surface area contributed by atoms with E-state index in [4.69, 9.17) is 11.6 Å². The lowest BCUT2D eigenvalue weighted by Crippen LogP contribution is -2.41. The molecule has 1 atom stereocenters. The van der Waals surface area contributed by atoms with Crippen molar-refractivity contribution in [3.05, 3.63) is 104 Å². The summed E-state index contributed by atoms with van der Waals surface area (Å²) in [6, 6.07) is 10.9. The van der Waals surface area contributed by atoms with Crippen molar-refractivity contribution in [1.82, 2.24) is 14.9 Å². The van der Waals surface area contributed by atoms with E-state index in [1.54, 1.807) is 24.4 Å². The van der Waals surface area contributed by atoms with Gasteiger partial charge in [-0.3, -0.25) is 34.0 Å². The molecule has 1 aromatic carbocycles. The molecule has 3 aromatic rings. The molecule has 10 heteroatoms. The Balaban J connectivity index is 1.99. The van der Waals surface area contributed by atoms with E-state index in [0.29, 0.717) is 5.69 Å².